The summed E-state index contributed by atoms with van der Waals surface area (Å²) in [6.07, 6.45) is 6.97. The van der Waals surface area contributed by atoms with Crippen molar-refractivity contribution in [2.45, 2.75) is 39.2 Å². The predicted octanol–water partition coefficient (Wildman–Crippen LogP) is 1.92. The first kappa shape index (κ1) is 14.6. The molecule has 0 bridgehead atoms. The number of nitrogens with zero attached hydrogens (tertiary/aromatic N) is 3. The molecule has 1 amide bonds. The quantitative estimate of drug-likeness (QED) is 0.882. The number of carbonyl (C=O) groups is 1. The van der Waals surface area contributed by atoms with Gasteiger partial charge >= 0.3 is 0 Å². The molecule has 0 spiro atoms. The van der Waals surface area contributed by atoms with Crippen LogP contribution in [0.3, 0.4) is 0 Å². The Bertz CT molecular complexity index is 555. The lowest BCUT2D eigenvalue weighted by molar-refractivity contribution is -0.121. The van der Waals surface area contributed by atoms with E-state index in [-0.39, 0.29) is 11.9 Å². The monoisotopic (exact) mass is 290 g/mol. The van der Waals surface area contributed by atoms with E-state index in [9.17, 15) is 4.79 Å². The Morgan fingerprint density at radius 3 is 2.90 bits per heavy atom. The lowest BCUT2D eigenvalue weighted by atomic mass is 10.1. The minimum absolute atomic E-state index is 0.0572. The Balaban J connectivity index is 1.75. The smallest absolute Gasteiger partial charge is 0.220 e. The maximum atomic E-state index is 11.9. The molecule has 0 fully saturated rings. The molecule has 0 aliphatic carbocycles. The van der Waals surface area contributed by atoms with Crippen molar-refractivity contribution in [2.24, 2.45) is 0 Å². The Morgan fingerprint density at radius 1 is 1.40 bits per heavy atom. The molecule has 0 aliphatic heterocycles. The predicted molar refractivity (Wildman–Crippen MR) is 78.5 cm³/mol. The zero-order valence-corrected chi connectivity index (χ0v) is 12.5. The van der Waals surface area contributed by atoms with Gasteiger partial charge in [0.05, 0.1) is 16.9 Å². The standard InChI is InChI=1S/C14H18N4OS/c1-10(7-12-8-15-5-6-16-12)18-14(19)4-3-13-11(2)17-9-20-13/h5-6,8-10H,3-4,7H2,1-2H3,(H,18,19)/t10-/m0/s1. The van der Waals surface area contributed by atoms with Crippen LogP contribution in [-0.4, -0.2) is 26.9 Å². The molecule has 5 nitrogen and oxygen atoms in total. The summed E-state index contributed by atoms with van der Waals surface area (Å²) in [5.41, 5.74) is 3.73. The van der Waals surface area contributed by atoms with E-state index in [4.69, 9.17) is 0 Å². The van der Waals surface area contributed by atoms with Gasteiger partial charge in [0.1, 0.15) is 0 Å². The molecule has 0 saturated carbocycles. The number of thiazole rings is 1. The third kappa shape index (κ3) is 4.38. The summed E-state index contributed by atoms with van der Waals surface area (Å²) < 4.78 is 0. The molecule has 6 heteroatoms. The van der Waals surface area contributed by atoms with Crippen LogP contribution in [0, 0.1) is 6.92 Å². The van der Waals surface area contributed by atoms with Crippen molar-refractivity contribution < 1.29 is 4.79 Å². The third-order valence-corrected chi connectivity index (χ3v) is 3.96. The molecule has 1 N–H and O–H groups in total. The second-order valence-electron chi connectivity index (χ2n) is 4.73. The molecule has 0 unspecified atom stereocenters. The van der Waals surface area contributed by atoms with Gasteiger partial charge in [0.2, 0.25) is 5.91 Å². The molecular formula is C14H18N4OS. The summed E-state index contributed by atoms with van der Waals surface area (Å²) in [5.74, 6) is 0.0641. The van der Waals surface area contributed by atoms with Crippen molar-refractivity contribution in [1.29, 1.82) is 0 Å². The van der Waals surface area contributed by atoms with Crippen molar-refractivity contribution in [3.05, 3.63) is 40.4 Å². The highest BCUT2D eigenvalue weighted by molar-refractivity contribution is 7.09. The van der Waals surface area contributed by atoms with Crippen LogP contribution in [0.2, 0.25) is 0 Å². The van der Waals surface area contributed by atoms with Crippen LogP contribution < -0.4 is 5.32 Å². The first-order chi connectivity index (χ1) is 9.65. The number of carbonyl (C=O) groups excluding carboxylic acids is 1. The molecule has 0 aromatic carbocycles. The molecule has 2 aromatic rings. The molecule has 2 aromatic heterocycles. The van der Waals surface area contributed by atoms with Crippen LogP contribution in [0.1, 0.15) is 29.6 Å². The van der Waals surface area contributed by atoms with E-state index < -0.39 is 0 Å². The fourth-order valence-electron chi connectivity index (χ4n) is 1.94. The third-order valence-electron chi connectivity index (χ3n) is 2.96. The van der Waals surface area contributed by atoms with Gasteiger partial charge in [-0.1, -0.05) is 0 Å². The molecule has 2 heterocycles. The van der Waals surface area contributed by atoms with E-state index in [0.717, 1.165) is 17.8 Å². The van der Waals surface area contributed by atoms with Gasteiger partial charge in [-0.25, -0.2) is 4.98 Å². The van der Waals surface area contributed by atoms with E-state index in [2.05, 4.69) is 20.3 Å². The highest BCUT2D eigenvalue weighted by Crippen LogP contribution is 2.14. The summed E-state index contributed by atoms with van der Waals surface area (Å²) in [6.45, 7) is 3.95. The van der Waals surface area contributed by atoms with Gasteiger partial charge in [-0.2, -0.15) is 0 Å². The van der Waals surface area contributed by atoms with Crippen LogP contribution >= 0.6 is 11.3 Å². The fraction of sp³-hybridized carbons (Fsp3) is 0.429. The SMILES string of the molecule is Cc1ncsc1CCC(=O)N[C@@H](C)Cc1cnccn1. The van der Waals surface area contributed by atoms with Crippen LogP contribution in [0.4, 0.5) is 0 Å². The van der Waals surface area contributed by atoms with E-state index in [1.54, 1.807) is 29.9 Å². The Labute approximate surface area is 122 Å². The molecule has 2 rings (SSSR count). The zero-order valence-electron chi connectivity index (χ0n) is 11.7. The summed E-state index contributed by atoms with van der Waals surface area (Å²) in [5, 5.41) is 2.99. The maximum absolute atomic E-state index is 11.9. The zero-order chi connectivity index (χ0) is 14.4. The Morgan fingerprint density at radius 2 is 2.25 bits per heavy atom. The maximum Gasteiger partial charge on any atom is 0.220 e. The number of hydrogen-bond donors (Lipinski definition) is 1. The largest absolute Gasteiger partial charge is 0.353 e. The number of amides is 1. The van der Waals surface area contributed by atoms with Crippen molar-refractivity contribution >= 4 is 17.2 Å². The topological polar surface area (TPSA) is 67.8 Å². The van der Waals surface area contributed by atoms with Gasteiger partial charge in [0, 0.05) is 42.4 Å². The van der Waals surface area contributed by atoms with E-state index in [0.29, 0.717) is 12.8 Å². The Hall–Kier alpha value is -1.82. The van der Waals surface area contributed by atoms with Gasteiger partial charge in [0.25, 0.3) is 0 Å². The van der Waals surface area contributed by atoms with Crippen molar-refractivity contribution in [3.63, 3.8) is 0 Å². The molecule has 0 saturated heterocycles. The summed E-state index contributed by atoms with van der Waals surface area (Å²) in [6, 6.07) is 0.0572. The lowest BCUT2D eigenvalue weighted by Gasteiger charge is -2.13. The van der Waals surface area contributed by atoms with Crippen molar-refractivity contribution in [2.75, 3.05) is 0 Å². The van der Waals surface area contributed by atoms with Crippen molar-refractivity contribution in [1.82, 2.24) is 20.3 Å². The summed E-state index contributed by atoms with van der Waals surface area (Å²) in [7, 11) is 0. The second kappa shape index (κ2) is 7.09. The van der Waals surface area contributed by atoms with Crippen LogP contribution in [-0.2, 0) is 17.6 Å². The highest BCUT2D eigenvalue weighted by atomic mass is 32.1. The average molecular weight is 290 g/mol. The second-order valence-corrected chi connectivity index (χ2v) is 5.67. The van der Waals surface area contributed by atoms with Crippen LogP contribution in [0.15, 0.2) is 24.1 Å². The first-order valence-corrected chi connectivity index (χ1v) is 7.46. The number of rotatable bonds is 6. The molecule has 20 heavy (non-hydrogen) atoms. The normalized spacial score (nSPS) is 12.1. The number of hydrogen-bond acceptors (Lipinski definition) is 5. The molecule has 0 radical (unpaired) electrons. The molecule has 106 valence electrons. The molecule has 1 atom stereocenters. The van der Waals surface area contributed by atoms with E-state index in [1.165, 1.54) is 4.88 Å². The number of aryl methyl sites for hydroxylation is 2. The summed E-state index contributed by atoms with van der Waals surface area (Å²) in [4.78, 5) is 25.5. The van der Waals surface area contributed by atoms with Gasteiger partial charge in [-0.15, -0.1) is 11.3 Å². The van der Waals surface area contributed by atoms with Crippen molar-refractivity contribution in [3.8, 4) is 0 Å². The van der Waals surface area contributed by atoms with Gasteiger partial charge in [0.15, 0.2) is 0 Å². The van der Waals surface area contributed by atoms with Gasteiger partial charge in [-0.05, 0) is 20.3 Å². The fourth-order valence-corrected chi connectivity index (χ4v) is 2.72. The number of nitrogens with one attached hydrogen (secondary N) is 1. The van der Waals surface area contributed by atoms with E-state index >= 15 is 0 Å². The average Bonchev–Trinajstić information content (AvgIpc) is 2.83. The molecule has 0 aliphatic rings. The lowest BCUT2D eigenvalue weighted by Crippen LogP contribution is -2.34. The van der Waals surface area contributed by atoms with Crippen LogP contribution in [0.25, 0.3) is 0 Å². The summed E-state index contributed by atoms with van der Waals surface area (Å²) >= 11 is 1.60. The minimum atomic E-state index is 0.0572. The first-order valence-electron chi connectivity index (χ1n) is 6.58. The van der Waals surface area contributed by atoms with Crippen LogP contribution in [0.5, 0.6) is 0 Å². The van der Waals surface area contributed by atoms with Gasteiger partial charge in [-0.3, -0.25) is 14.8 Å². The minimum Gasteiger partial charge on any atom is -0.353 e. The van der Waals surface area contributed by atoms with Gasteiger partial charge < -0.3 is 5.32 Å². The Kier molecular flexibility index (Phi) is 5.17. The number of aromatic nitrogens is 3. The molecular weight excluding hydrogens is 272 g/mol. The highest BCUT2D eigenvalue weighted by Gasteiger charge is 2.10. The van der Waals surface area contributed by atoms with E-state index in [1.807, 2.05) is 19.4 Å².